The number of aliphatic hydroxyl groups excluding tert-OH is 1. The first kappa shape index (κ1) is 8.73. The van der Waals surface area contributed by atoms with E-state index in [2.05, 4.69) is 5.10 Å². The van der Waals surface area contributed by atoms with Crippen LogP contribution < -0.4 is 0 Å². The van der Waals surface area contributed by atoms with Gasteiger partial charge in [-0.1, -0.05) is 0 Å². The van der Waals surface area contributed by atoms with Gasteiger partial charge in [-0.3, -0.25) is 9.48 Å². The number of aryl methyl sites for hydroxylation is 1. The number of carbonyl (C=O) groups is 1. The standard InChI is InChI=1S/C7H10N2O3/c1-9-3-2-5(8-9)6(10)4-7(11)12/h2-3,6,10H,4H2,1H3,(H,11,12)/t6-/m1/s1. The lowest BCUT2D eigenvalue weighted by Crippen LogP contribution is -2.06. The minimum Gasteiger partial charge on any atom is -0.481 e. The highest BCUT2D eigenvalue weighted by Crippen LogP contribution is 2.12. The van der Waals surface area contributed by atoms with Gasteiger partial charge in [0.1, 0.15) is 6.10 Å². The van der Waals surface area contributed by atoms with Crippen LogP contribution in [0.1, 0.15) is 18.2 Å². The molecule has 0 saturated carbocycles. The van der Waals surface area contributed by atoms with E-state index in [0.29, 0.717) is 5.69 Å². The monoisotopic (exact) mass is 170 g/mol. The molecule has 1 heterocycles. The molecular weight excluding hydrogens is 160 g/mol. The summed E-state index contributed by atoms with van der Waals surface area (Å²) in [6.07, 6.45) is 0.334. The van der Waals surface area contributed by atoms with E-state index in [0.717, 1.165) is 0 Å². The number of aliphatic carboxylic acids is 1. The molecule has 2 N–H and O–H groups in total. The van der Waals surface area contributed by atoms with E-state index >= 15 is 0 Å². The van der Waals surface area contributed by atoms with Gasteiger partial charge in [0.2, 0.25) is 0 Å². The molecule has 0 saturated heterocycles. The minimum atomic E-state index is -1.03. The third kappa shape index (κ3) is 2.06. The molecule has 0 radical (unpaired) electrons. The molecule has 0 aromatic carbocycles. The molecule has 0 bridgehead atoms. The summed E-state index contributed by atoms with van der Waals surface area (Å²) >= 11 is 0. The number of aliphatic hydroxyl groups is 1. The third-order valence-electron chi connectivity index (χ3n) is 1.44. The molecule has 1 rings (SSSR count). The Labute approximate surface area is 69.2 Å². The molecule has 5 heteroatoms. The van der Waals surface area contributed by atoms with Crippen molar-refractivity contribution in [1.29, 1.82) is 0 Å². The maximum absolute atomic E-state index is 10.2. The Balaban J connectivity index is 2.64. The summed E-state index contributed by atoms with van der Waals surface area (Å²) in [5.41, 5.74) is 0.389. The second-order valence-corrected chi connectivity index (χ2v) is 2.53. The fourth-order valence-electron chi connectivity index (χ4n) is 0.881. The topological polar surface area (TPSA) is 75.4 Å². The van der Waals surface area contributed by atoms with Gasteiger partial charge in [0, 0.05) is 13.2 Å². The zero-order valence-corrected chi connectivity index (χ0v) is 6.64. The van der Waals surface area contributed by atoms with Crippen LogP contribution in [0.3, 0.4) is 0 Å². The molecule has 0 unspecified atom stereocenters. The van der Waals surface area contributed by atoms with Crippen molar-refractivity contribution in [2.45, 2.75) is 12.5 Å². The van der Waals surface area contributed by atoms with Crippen LogP contribution >= 0.6 is 0 Å². The van der Waals surface area contributed by atoms with Crippen LogP contribution in [0.25, 0.3) is 0 Å². The predicted octanol–water partition coefficient (Wildman–Crippen LogP) is -0.0718. The van der Waals surface area contributed by atoms with Gasteiger partial charge in [-0.25, -0.2) is 0 Å². The van der Waals surface area contributed by atoms with Gasteiger partial charge in [-0.15, -0.1) is 0 Å². The van der Waals surface area contributed by atoms with Crippen LogP contribution in [0, 0.1) is 0 Å². The van der Waals surface area contributed by atoms with Crippen LogP contribution in [0.2, 0.25) is 0 Å². The fourth-order valence-corrected chi connectivity index (χ4v) is 0.881. The first-order chi connectivity index (χ1) is 5.59. The van der Waals surface area contributed by atoms with Gasteiger partial charge in [0.25, 0.3) is 0 Å². The maximum atomic E-state index is 10.2. The molecule has 0 aliphatic carbocycles. The van der Waals surface area contributed by atoms with Crippen molar-refractivity contribution < 1.29 is 15.0 Å². The number of nitrogens with zero attached hydrogens (tertiary/aromatic N) is 2. The summed E-state index contributed by atoms with van der Waals surface area (Å²) in [5.74, 6) is -1.03. The van der Waals surface area contributed by atoms with E-state index in [1.54, 1.807) is 19.3 Å². The molecule has 1 atom stereocenters. The van der Waals surface area contributed by atoms with Gasteiger partial charge in [0.15, 0.2) is 0 Å². The lowest BCUT2D eigenvalue weighted by molar-refractivity contribution is -0.139. The fraction of sp³-hybridized carbons (Fsp3) is 0.429. The van der Waals surface area contributed by atoms with Crippen molar-refractivity contribution in [2.24, 2.45) is 7.05 Å². The predicted molar refractivity (Wildman–Crippen MR) is 40.4 cm³/mol. The Morgan fingerprint density at radius 2 is 2.50 bits per heavy atom. The number of carboxylic acids is 1. The molecule has 0 aliphatic heterocycles. The van der Waals surface area contributed by atoms with Crippen molar-refractivity contribution in [1.82, 2.24) is 9.78 Å². The maximum Gasteiger partial charge on any atom is 0.306 e. The van der Waals surface area contributed by atoms with Crippen LogP contribution in [0.15, 0.2) is 12.3 Å². The van der Waals surface area contributed by atoms with E-state index < -0.39 is 12.1 Å². The first-order valence-corrected chi connectivity index (χ1v) is 3.49. The summed E-state index contributed by atoms with van der Waals surface area (Å²) in [5, 5.41) is 21.5. The second kappa shape index (κ2) is 3.36. The Kier molecular flexibility index (Phi) is 2.44. The molecule has 1 aromatic rings. The normalized spacial score (nSPS) is 12.8. The van der Waals surface area contributed by atoms with Crippen molar-refractivity contribution in [3.05, 3.63) is 18.0 Å². The largest absolute Gasteiger partial charge is 0.481 e. The highest BCUT2D eigenvalue weighted by atomic mass is 16.4. The summed E-state index contributed by atoms with van der Waals surface area (Å²) < 4.78 is 1.51. The summed E-state index contributed by atoms with van der Waals surface area (Å²) in [7, 11) is 1.71. The highest BCUT2D eigenvalue weighted by molar-refractivity contribution is 5.67. The SMILES string of the molecule is Cn1ccc([C@H](O)CC(=O)O)n1. The molecule has 0 fully saturated rings. The van der Waals surface area contributed by atoms with E-state index in [9.17, 15) is 9.90 Å². The number of hydrogen-bond acceptors (Lipinski definition) is 3. The quantitative estimate of drug-likeness (QED) is 0.665. The molecule has 66 valence electrons. The summed E-state index contributed by atoms with van der Waals surface area (Å²) in [6, 6.07) is 1.59. The van der Waals surface area contributed by atoms with Crippen molar-refractivity contribution in [3.63, 3.8) is 0 Å². The minimum absolute atomic E-state index is 0.309. The van der Waals surface area contributed by atoms with Gasteiger partial charge >= 0.3 is 5.97 Å². The van der Waals surface area contributed by atoms with Gasteiger partial charge in [-0.05, 0) is 6.07 Å². The summed E-state index contributed by atoms with van der Waals surface area (Å²) in [6.45, 7) is 0. The number of rotatable bonds is 3. The van der Waals surface area contributed by atoms with Crippen LogP contribution in [0.5, 0.6) is 0 Å². The zero-order valence-electron chi connectivity index (χ0n) is 6.64. The average Bonchev–Trinajstić information content (AvgIpc) is 2.34. The lowest BCUT2D eigenvalue weighted by Gasteiger charge is -2.02. The van der Waals surface area contributed by atoms with E-state index in [-0.39, 0.29) is 6.42 Å². The molecule has 1 aromatic heterocycles. The molecule has 0 amide bonds. The molecule has 0 aliphatic rings. The van der Waals surface area contributed by atoms with Gasteiger partial charge in [0.05, 0.1) is 12.1 Å². The van der Waals surface area contributed by atoms with Crippen molar-refractivity contribution in [2.75, 3.05) is 0 Å². The van der Waals surface area contributed by atoms with E-state index in [4.69, 9.17) is 5.11 Å². The molecule has 12 heavy (non-hydrogen) atoms. The van der Waals surface area contributed by atoms with Crippen molar-refractivity contribution >= 4 is 5.97 Å². The lowest BCUT2D eigenvalue weighted by atomic mass is 10.2. The highest BCUT2D eigenvalue weighted by Gasteiger charge is 2.13. The molecule has 5 nitrogen and oxygen atoms in total. The van der Waals surface area contributed by atoms with E-state index in [1.165, 1.54) is 4.68 Å². The smallest absolute Gasteiger partial charge is 0.306 e. The van der Waals surface area contributed by atoms with Crippen LogP contribution in [0.4, 0.5) is 0 Å². The molecular formula is C7H10N2O3. The Morgan fingerprint density at radius 1 is 1.83 bits per heavy atom. The first-order valence-electron chi connectivity index (χ1n) is 3.49. The second-order valence-electron chi connectivity index (χ2n) is 2.53. The van der Waals surface area contributed by atoms with Crippen molar-refractivity contribution in [3.8, 4) is 0 Å². The summed E-state index contributed by atoms with van der Waals surface area (Å²) in [4.78, 5) is 10.2. The van der Waals surface area contributed by atoms with Gasteiger partial charge in [-0.2, -0.15) is 5.10 Å². The Bertz CT molecular complexity index is 282. The number of carboxylic acid groups (broad SMARTS) is 1. The zero-order chi connectivity index (χ0) is 9.14. The number of aromatic nitrogens is 2. The average molecular weight is 170 g/mol. The van der Waals surface area contributed by atoms with E-state index in [1.807, 2.05) is 0 Å². The number of hydrogen-bond donors (Lipinski definition) is 2. The van der Waals surface area contributed by atoms with Crippen LogP contribution in [-0.2, 0) is 11.8 Å². The Hall–Kier alpha value is -1.36. The third-order valence-corrected chi connectivity index (χ3v) is 1.44. The van der Waals surface area contributed by atoms with Crippen LogP contribution in [-0.4, -0.2) is 26.0 Å². The van der Waals surface area contributed by atoms with Gasteiger partial charge < -0.3 is 10.2 Å². The molecule has 0 spiro atoms. The Morgan fingerprint density at radius 3 is 2.92 bits per heavy atom.